The molecule has 1 N–H and O–H groups in total. The molecule has 1 aliphatic carbocycles. The second kappa shape index (κ2) is 10.0. The van der Waals surface area contributed by atoms with Gasteiger partial charge in [0.25, 0.3) is 12.3 Å². The molecule has 1 aliphatic rings. The average molecular weight is 509 g/mol. The fourth-order valence-corrected chi connectivity index (χ4v) is 5.10. The molecule has 3 aromatic rings. The largest absolute Gasteiger partial charge is 0.360 e. The van der Waals surface area contributed by atoms with Gasteiger partial charge in [-0.05, 0) is 31.7 Å². The number of aromatic nitrogens is 5. The van der Waals surface area contributed by atoms with Crippen LogP contribution in [-0.2, 0) is 11.5 Å². The predicted octanol–water partition coefficient (Wildman–Crippen LogP) is 5.68. The van der Waals surface area contributed by atoms with Crippen molar-refractivity contribution < 1.29 is 18.3 Å². The molecule has 1 unspecified atom stereocenters. The van der Waals surface area contributed by atoms with Crippen molar-refractivity contribution in [1.82, 2.24) is 24.5 Å². The highest BCUT2D eigenvalue weighted by Gasteiger charge is 2.33. The Hall–Kier alpha value is -2.44. The molecule has 0 spiro atoms. The van der Waals surface area contributed by atoms with E-state index in [0.717, 1.165) is 24.4 Å². The second-order valence-corrected chi connectivity index (χ2v) is 16.4. The Morgan fingerprint density at radius 3 is 2.74 bits per heavy atom. The molecule has 1 fully saturated rings. The van der Waals surface area contributed by atoms with E-state index in [0.29, 0.717) is 24.3 Å². The molecule has 0 bridgehead atoms. The van der Waals surface area contributed by atoms with E-state index in [2.05, 4.69) is 40.1 Å². The molecule has 184 valence electrons. The third-order valence-electron chi connectivity index (χ3n) is 5.82. The summed E-state index contributed by atoms with van der Waals surface area (Å²) in [6, 6.07) is 0.953. The van der Waals surface area contributed by atoms with Crippen molar-refractivity contribution in [3.63, 3.8) is 0 Å². The summed E-state index contributed by atoms with van der Waals surface area (Å²) in [7, 11) is -1.14. The van der Waals surface area contributed by atoms with Crippen molar-refractivity contribution in [1.29, 1.82) is 0 Å². The molecule has 0 saturated heterocycles. The number of rotatable bonds is 11. The van der Waals surface area contributed by atoms with Gasteiger partial charge in [-0.25, -0.2) is 18.4 Å². The monoisotopic (exact) mass is 508 g/mol. The van der Waals surface area contributed by atoms with Gasteiger partial charge < -0.3 is 10.1 Å². The quantitative estimate of drug-likeness (QED) is 0.266. The molecule has 0 radical (unpaired) electrons. The van der Waals surface area contributed by atoms with Crippen LogP contribution in [0.5, 0.6) is 0 Å². The highest BCUT2D eigenvalue weighted by molar-refractivity contribution is 7.13. The van der Waals surface area contributed by atoms with E-state index in [4.69, 9.17) is 4.74 Å². The molecular formula is C22H30F2N6O2SSi. The lowest BCUT2D eigenvalue weighted by Crippen LogP contribution is -2.22. The average Bonchev–Trinajstić information content (AvgIpc) is 3.15. The number of carbonyl (C=O) groups excluding carboxylic acids is 1. The lowest BCUT2D eigenvalue weighted by molar-refractivity contribution is 0.0786. The number of anilines is 1. The van der Waals surface area contributed by atoms with E-state index in [1.165, 1.54) is 22.2 Å². The molecule has 0 aliphatic heterocycles. The number of hydrogen-bond acceptors (Lipinski definition) is 6. The van der Waals surface area contributed by atoms with Crippen molar-refractivity contribution in [2.75, 3.05) is 11.9 Å². The Bertz CT molecular complexity index is 1130. The van der Waals surface area contributed by atoms with E-state index in [-0.39, 0.29) is 23.1 Å². The van der Waals surface area contributed by atoms with Gasteiger partial charge in [-0.15, -0.1) is 11.3 Å². The Morgan fingerprint density at radius 2 is 2.06 bits per heavy atom. The van der Waals surface area contributed by atoms with Gasteiger partial charge in [0, 0.05) is 31.8 Å². The number of nitrogens with one attached hydrogen (secondary N) is 1. The summed E-state index contributed by atoms with van der Waals surface area (Å²) in [5.74, 6) is -0.196. The van der Waals surface area contributed by atoms with E-state index in [9.17, 15) is 13.6 Å². The number of nitrogens with zero attached hydrogens (tertiary/aromatic N) is 5. The molecule has 3 heterocycles. The van der Waals surface area contributed by atoms with E-state index in [1.54, 1.807) is 16.3 Å². The fraction of sp³-hybridized carbons (Fsp3) is 0.545. The molecule has 1 atom stereocenters. The van der Waals surface area contributed by atoms with Crippen LogP contribution in [0, 0.1) is 5.92 Å². The first kappa shape index (κ1) is 24.7. The van der Waals surface area contributed by atoms with Crippen molar-refractivity contribution in [3.8, 4) is 10.6 Å². The van der Waals surface area contributed by atoms with E-state index in [1.807, 2.05) is 13.1 Å². The fourth-order valence-electron chi connectivity index (χ4n) is 3.57. The minimum Gasteiger partial charge on any atom is -0.360 e. The van der Waals surface area contributed by atoms with Crippen LogP contribution in [-0.4, -0.2) is 45.1 Å². The van der Waals surface area contributed by atoms with Crippen LogP contribution >= 0.6 is 11.3 Å². The third kappa shape index (κ3) is 5.97. The summed E-state index contributed by atoms with van der Waals surface area (Å²) in [5.41, 5.74) is 0.670. The number of ether oxygens (including phenoxy) is 1. The van der Waals surface area contributed by atoms with Crippen LogP contribution in [0.3, 0.4) is 0 Å². The van der Waals surface area contributed by atoms with Crippen LogP contribution in [0.15, 0.2) is 24.0 Å². The van der Waals surface area contributed by atoms with Crippen molar-refractivity contribution in [2.45, 2.75) is 64.6 Å². The predicted molar refractivity (Wildman–Crippen MR) is 130 cm³/mol. The van der Waals surface area contributed by atoms with Crippen LogP contribution in [0.25, 0.3) is 10.6 Å². The van der Waals surface area contributed by atoms with Crippen LogP contribution in [0.1, 0.15) is 48.4 Å². The minimum atomic E-state index is -2.75. The van der Waals surface area contributed by atoms with Gasteiger partial charge in [0.05, 0.1) is 24.1 Å². The van der Waals surface area contributed by atoms with Gasteiger partial charge in [-0.3, -0.25) is 9.48 Å². The highest BCUT2D eigenvalue weighted by Crippen LogP contribution is 2.41. The molecular weight excluding hydrogens is 478 g/mol. The summed E-state index contributed by atoms with van der Waals surface area (Å²) < 4.78 is 36.3. The smallest absolute Gasteiger partial charge is 0.282 e. The summed E-state index contributed by atoms with van der Waals surface area (Å²) in [6.07, 6.45) is 4.04. The number of halogens is 2. The molecule has 0 aromatic carbocycles. The maximum absolute atomic E-state index is 13.8. The Morgan fingerprint density at radius 1 is 1.29 bits per heavy atom. The summed E-state index contributed by atoms with van der Waals surface area (Å²) in [5, 5.41) is 13.2. The van der Waals surface area contributed by atoms with Gasteiger partial charge >= 0.3 is 0 Å². The number of alkyl halides is 2. The number of hydrogen-bond donors (Lipinski definition) is 1. The highest BCUT2D eigenvalue weighted by atomic mass is 32.1. The lowest BCUT2D eigenvalue weighted by atomic mass is 10.2. The molecule has 3 aromatic heterocycles. The van der Waals surface area contributed by atoms with Gasteiger partial charge in [0.15, 0.2) is 0 Å². The number of carbonyl (C=O) groups is 1. The van der Waals surface area contributed by atoms with Crippen LogP contribution in [0.4, 0.5) is 14.5 Å². The standard InChI is InChI=1S/C22H30F2N6O2SSi/c1-14(15-5-6-15)30-19(20(23)24)17(10-26-30)27-21(31)18-12-33-22(28-18)16-9-25-29(11-16)13-32-7-8-34(2,3)4/h9-12,14-15,20H,5-8,13H2,1-4H3,(H,27,31). The maximum Gasteiger partial charge on any atom is 0.282 e. The first-order valence-corrected chi connectivity index (χ1v) is 15.9. The summed E-state index contributed by atoms with van der Waals surface area (Å²) >= 11 is 1.29. The van der Waals surface area contributed by atoms with Gasteiger partial charge in [0.2, 0.25) is 0 Å². The van der Waals surface area contributed by atoms with Gasteiger partial charge in [-0.2, -0.15) is 10.2 Å². The topological polar surface area (TPSA) is 86.9 Å². The number of amides is 1. The minimum absolute atomic E-state index is 0.0188. The summed E-state index contributed by atoms with van der Waals surface area (Å²) in [6.45, 7) is 9.83. The van der Waals surface area contributed by atoms with Crippen LogP contribution in [0.2, 0.25) is 25.7 Å². The molecule has 12 heteroatoms. The molecule has 1 amide bonds. The molecule has 4 rings (SSSR count). The second-order valence-electron chi connectivity index (χ2n) is 9.88. The first-order chi connectivity index (χ1) is 16.1. The van der Waals surface area contributed by atoms with Gasteiger partial charge in [-0.1, -0.05) is 19.6 Å². The SMILES string of the molecule is CC(C1CC1)n1ncc(NC(=O)c2csc(-c3cnn(COCC[Si](C)(C)C)c3)n2)c1C(F)F. The van der Waals surface area contributed by atoms with Crippen molar-refractivity contribution in [3.05, 3.63) is 35.4 Å². The lowest BCUT2D eigenvalue weighted by Gasteiger charge is -2.15. The summed E-state index contributed by atoms with van der Waals surface area (Å²) in [4.78, 5) is 17.1. The molecule has 34 heavy (non-hydrogen) atoms. The molecule has 1 saturated carbocycles. The van der Waals surface area contributed by atoms with Crippen molar-refractivity contribution >= 4 is 31.0 Å². The Kier molecular flexibility index (Phi) is 7.29. The van der Waals surface area contributed by atoms with E-state index < -0.39 is 20.4 Å². The zero-order valence-corrected chi connectivity index (χ0v) is 21.6. The normalized spacial score (nSPS) is 15.1. The van der Waals surface area contributed by atoms with Crippen molar-refractivity contribution in [2.24, 2.45) is 5.92 Å². The Balaban J connectivity index is 1.39. The zero-order valence-electron chi connectivity index (χ0n) is 19.8. The van der Waals surface area contributed by atoms with Gasteiger partial charge in [0.1, 0.15) is 23.1 Å². The van der Waals surface area contributed by atoms with E-state index >= 15 is 0 Å². The maximum atomic E-state index is 13.8. The first-order valence-electron chi connectivity index (χ1n) is 11.4. The third-order valence-corrected chi connectivity index (χ3v) is 8.41. The zero-order chi connectivity index (χ0) is 24.5. The molecule has 8 nitrogen and oxygen atoms in total. The van der Waals surface area contributed by atoms with Crippen LogP contribution < -0.4 is 5.32 Å². The number of thiazole rings is 1. The Labute approximate surface area is 202 Å².